The first-order chi connectivity index (χ1) is 7.30. The Kier molecular flexibility index (Phi) is 1.83. The Morgan fingerprint density at radius 3 is 2.93 bits per heavy atom. The summed E-state index contributed by atoms with van der Waals surface area (Å²) in [5.74, 6) is 0.138. The van der Waals surface area contributed by atoms with Gasteiger partial charge in [-0.3, -0.25) is 4.79 Å². The van der Waals surface area contributed by atoms with Gasteiger partial charge in [0.1, 0.15) is 5.54 Å². The standard InChI is InChI=1S/C12H14N2O/c15-11-12(6-3-7-13-12)8-9-4-1-2-5-10(9)14-11/h1-2,4-5,13H,3,6-8H2,(H,14,15)/t12-/m1/s1. The molecular weight excluding hydrogens is 188 g/mol. The van der Waals surface area contributed by atoms with Gasteiger partial charge in [-0.25, -0.2) is 0 Å². The second kappa shape index (κ2) is 3.07. The molecule has 78 valence electrons. The predicted molar refractivity (Wildman–Crippen MR) is 58.7 cm³/mol. The molecular formula is C12H14N2O. The number of carbonyl (C=O) groups excluding carboxylic acids is 1. The first kappa shape index (κ1) is 8.92. The number of benzene rings is 1. The fourth-order valence-corrected chi connectivity index (χ4v) is 2.59. The maximum atomic E-state index is 12.0. The van der Waals surface area contributed by atoms with Crippen LogP contribution in [-0.4, -0.2) is 18.0 Å². The molecule has 0 aliphatic carbocycles. The minimum Gasteiger partial charge on any atom is -0.324 e. The molecule has 15 heavy (non-hydrogen) atoms. The van der Waals surface area contributed by atoms with Crippen LogP contribution < -0.4 is 10.6 Å². The van der Waals surface area contributed by atoms with Crippen LogP contribution >= 0.6 is 0 Å². The van der Waals surface area contributed by atoms with Crippen molar-refractivity contribution in [3.63, 3.8) is 0 Å². The molecule has 1 spiro atoms. The Morgan fingerprint density at radius 2 is 2.13 bits per heavy atom. The lowest BCUT2D eigenvalue weighted by molar-refractivity contribution is -0.122. The second-order valence-corrected chi connectivity index (χ2v) is 4.40. The highest BCUT2D eigenvalue weighted by Crippen LogP contribution is 2.32. The smallest absolute Gasteiger partial charge is 0.245 e. The Labute approximate surface area is 88.9 Å². The highest BCUT2D eigenvalue weighted by molar-refractivity contribution is 6.01. The van der Waals surface area contributed by atoms with E-state index in [1.807, 2.05) is 18.2 Å². The number of hydrogen-bond acceptors (Lipinski definition) is 2. The van der Waals surface area contributed by atoms with Crippen LogP contribution in [0.5, 0.6) is 0 Å². The van der Waals surface area contributed by atoms with Crippen molar-refractivity contribution in [3.05, 3.63) is 29.8 Å². The minimum absolute atomic E-state index is 0.138. The van der Waals surface area contributed by atoms with Gasteiger partial charge < -0.3 is 10.6 Å². The number of carbonyl (C=O) groups is 1. The number of anilines is 1. The zero-order valence-corrected chi connectivity index (χ0v) is 8.55. The molecule has 1 amide bonds. The number of hydrogen-bond donors (Lipinski definition) is 2. The van der Waals surface area contributed by atoms with Crippen LogP contribution in [0.3, 0.4) is 0 Å². The van der Waals surface area contributed by atoms with Crippen LogP contribution in [0.25, 0.3) is 0 Å². The number of rotatable bonds is 0. The van der Waals surface area contributed by atoms with Crippen LogP contribution in [0.4, 0.5) is 5.69 Å². The molecule has 1 aromatic rings. The maximum Gasteiger partial charge on any atom is 0.245 e. The van der Waals surface area contributed by atoms with Crippen molar-refractivity contribution < 1.29 is 4.79 Å². The summed E-state index contributed by atoms with van der Waals surface area (Å²) in [4.78, 5) is 12.0. The minimum atomic E-state index is -0.325. The van der Waals surface area contributed by atoms with Gasteiger partial charge in [-0.1, -0.05) is 18.2 Å². The summed E-state index contributed by atoms with van der Waals surface area (Å²) in [7, 11) is 0. The quantitative estimate of drug-likeness (QED) is 0.666. The molecule has 0 radical (unpaired) electrons. The van der Waals surface area contributed by atoms with Gasteiger partial charge in [-0.15, -0.1) is 0 Å². The fourth-order valence-electron chi connectivity index (χ4n) is 2.59. The van der Waals surface area contributed by atoms with Gasteiger partial charge in [0.25, 0.3) is 0 Å². The number of amides is 1. The molecule has 2 N–H and O–H groups in total. The zero-order chi connectivity index (χ0) is 10.3. The number of para-hydroxylation sites is 1. The van der Waals surface area contributed by atoms with Crippen molar-refractivity contribution in [3.8, 4) is 0 Å². The van der Waals surface area contributed by atoms with Crippen LogP contribution in [-0.2, 0) is 11.2 Å². The molecule has 1 saturated heterocycles. The first-order valence-corrected chi connectivity index (χ1v) is 5.45. The molecule has 0 bridgehead atoms. The highest BCUT2D eigenvalue weighted by atomic mass is 16.2. The van der Waals surface area contributed by atoms with Crippen molar-refractivity contribution in [2.24, 2.45) is 0 Å². The van der Waals surface area contributed by atoms with Gasteiger partial charge in [0.05, 0.1) is 0 Å². The molecule has 0 aromatic heterocycles. The van der Waals surface area contributed by atoms with Crippen LogP contribution in [0.15, 0.2) is 24.3 Å². The molecule has 3 nitrogen and oxygen atoms in total. The fraction of sp³-hybridized carbons (Fsp3) is 0.417. The first-order valence-electron chi connectivity index (χ1n) is 5.45. The van der Waals surface area contributed by atoms with Crippen molar-refractivity contribution in [1.29, 1.82) is 0 Å². The predicted octanol–water partition coefficient (Wildman–Crippen LogP) is 1.30. The summed E-state index contributed by atoms with van der Waals surface area (Å²) in [5.41, 5.74) is 1.89. The van der Waals surface area contributed by atoms with Gasteiger partial charge in [-0.05, 0) is 31.0 Å². The Bertz CT molecular complexity index is 408. The Hall–Kier alpha value is -1.35. The van der Waals surface area contributed by atoms with Crippen LogP contribution in [0.2, 0.25) is 0 Å². The summed E-state index contributed by atoms with van der Waals surface area (Å²) in [5, 5.41) is 6.34. The van der Waals surface area contributed by atoms with E-state index >= 15 is 0 Å². The van der Waals surface area contributed by atoms with E-state index in [-0.39, 0.29) is 11.4 Å². The van der Waals surface area contributed by atoms with E-state index in [1.54, 1.807) is 0 Å². The van der Waals surface area contributed by atoms with Crippen molar-refractivity contribution in [2.45, 2.75) is 24.8 Å². The summed E-state index contributed by atoms with van der Waals surface area (Å²) in [6, 6.07) is 8.05. The van der Waals surface area contributed by atoms with Gasteiger partial charge >= 0.3 is 0 Å². The third-order valence-corrected chi connectivity index (χ3v) is 3.44. The van der Waals surface area contributed by atoms with Crippen molar-refractivity contribution >= 4 is 11.6 Å². The molecule has 3 heteroatoms. The monoisotopic (exact) mass is 202 g/mol. The van der Waals surface area contributed by atoms with Gasteiger partial charge in [0, 0.05) is 12.1 Å². The molecule has 1 aromatic carbocycles. The van der Waals surface area contributed by atoms with E-state index in [4.69, 9.17) is 0 Å². The highest BCUT2D eigenvalue weighted by Gasteiger charge is 2.43. The average molecular weight is 202 g/mol. The molecule has 1 atom stereocenters. The Balaban J connectivity index is 2.02. The van der Waals surface area contributed by atoms with E-state index in [2.05, 4.69) is 16.7 Å². The summed E-state index contributed by atoms with van der Waals surface area (Å²) >= 11 is 0. The van der Waals surface area contributed by atoms with E-state index in [0.29, 0.717) is 0 Å². The molecule has 0 saturated carbocycles. The third-order valence-electron chi connectivity index (χ3n) is 3.44. The molecule has 2 aliphatic heterocycles. The topological polar surface area (TPSA) is 41.1 Å². The van der Waals surface area contributed by atoms with E-state index in [1.165, 1.54) is 5.56 Å². The Morgan fingerprint density at radius 1 is 1.27 bits per heavy atom. The summed E-state index contributed by atoms with van der Waals surface area (Å²) in [6.07, 6.45) is 2.87. The SMILES string of the molecule is O=C1Nc2ccccc2C[C@]12CCCN2. The van der Waals surface area contributed by atoms with Gasteiger partial charge in [-0.2, -0.15) is 0 Å². The van der Waals surface area contributed by atoms with Gasteiger partial charge in [0.2, 0.25) is 5.91 Å². The van der Waals surface area contributed by atoms with E-state index in [9.17, 15) is 4.79 Å². The van der Waals surface area contributed by atoms with Crippen molar-refractivity contribution in [2.75, 3.05) is 11.9 Å². The zero-order valence-electron chi connectivity index (χ0n) is 8.55. The second-order valence-electron chi connectivity index (χ2n) is 4.40. The lowest BCUT2D eigenvalue weighted by Gasteiger charge is -2.33. The van der Waals surface area contributed by atoms with Gasteiger partial charge in [0.15, 0.2) is 0 Å². The lowest BCUT2D eigenvalue weighted by Crippen LogP contribution is -2.54. The molecule has 2 heterocycles. The van der Waals surface area contributed by atoms with E-state index in [0.717, 1.165) is 31.5 Å². The summed E-state index contributed by atoms with van der Waals surface area (Å²) < 4.78 is 0. The van der Waals surface area contributed by atoms with Crippen LogP contribution in [0, 0.1) is 0 Å². The molecule has 0 unspecified atom stereocenters. The van der Waals surface area contributed by atoms with E-state index < -0.39 is 0 Å². The van der Waals surface area contributed by atoms with Crippen LogP contribution in [0.1, 0.15) is 18.4 Å². The molecule has 3 rings (SSSR count). The maximum absolute atomic E-state index is 12.0. The number of nitrogens with one attached hydrogen (secondary N) is 2. The average Bonchev–Trinajstić information content (AvgIpc) is 2.70. The molecule has 1 fully saturated rings. The largest absolute Gasteiger partial charge is 0.324 e. The third kappa shape index (κ3) is 1.27. The summed E-state index contributed by atoms with van der Waals surface area (Å²) in [6.45, 7) is 0.954. The van der Waals surface area contributed by atoms with Crippen molar-refractivity contribution in [1.82, 2.24) is 5.32 Å². The number of fused-ring (bicyclic) bond motifs is 1. The molecule has 2 aliphatic rings. The lowest BCUT2D eigenvalue weighted by atomic mass is 9.84. The normalized spacial score (nSPS) is 28.9.